The van der Waals surface area contributed by atoms with Gasteiger partial charge in [0, 0.05) is 0 Å². The molecule has 0 bridgehead atoms. The Morgan fingerprint density at radius 2 is 1.23 bits per heavy atom. The third-order valence-corrected chi connectivity index (χ3v) is 3.93. The molecule has 2 saturated heterocycles. The zero-order valence-corrected chi connectivity index (χ0v) is 11.8. The van der Waals surface area contributed by atoms with Crippen LogP contribution in [-0.4, -0.2) is 104 Å². The van der Waals surface area contributed by atoms with Crippen molar-refractivity contribution in [3.05, 3.63) is 0 Å². The van der Waals surface area contributed by atoms with Crippen molar-refractivity contribution in [1.29, 1.82) is 0 Å². The summed E-state index contributed by atoms with van der Waals surface area (Å²) in [7, 11) is 0. The van der Waals surface area contributed by atoms with Crippen LogP contribution < -0.4 is 0 Å². The van der Waals surface area contributed by atoms with Crippen LogP contribution >= 0.6 is 0 Å². The molecule has 0 aromatic heterocycles. The number of ether oxygens (including phenoxy) is 3. The van der Waals surface area contributed by atoms with Gasteiger partial charge in [-0.3, -0.25) is 0 Å². The molecule has 10 atom stereocenters. The first-order valence-electron chi connectivity index (χ1n) is 6.93. The van der Waals surface area contributed by atoms with Crippen molar-refractivity contribution in [2.75, 3.05) is 6.61 Å². The summed E-state index contributed by atoms with van der Waals surface area (Å²) < 4.78 is 15.5. The Morgan fingerprint density at radius 1 is 0.727 bits per heavy atom. The average molecular weight is 326 g/mol. The van der Waals surface area contributed by atoms with Crippen LogP contribution in [0.15, 0.2) is 0 Å². The van der Waals surface area contributed by atoms with Gasteiger partial charge in [-0.15, -0.1) is 0 Å². The molecule has 0 saturated carbocycles. The Kier molecular flexibility index (Phi) is 5.72. The van der Waals surface area contributed by atoms with E-state index in [1.54, 1.807) is 0 Å². The van der Waals surface area contributed by atoms with Crippen LogP contribution in [0.3, 0.4) is 0 Å². The maximum absolute atomic E-state index is 9.83. The van der Waals surface area contributed by atoms with Gasteiger partial charge in [-0.2, -0.15) is 0 Å². The maximum atomic E-state index is 9.83. The van der Waals surface area contributed by atoms with E-state index in [0.717, 1.165) is 0 Å². The highest BCUT2D eigenvalue weighted by Gasteiger charge is 2.48. The summed E-state index contributed by atoms with van der Waals surface area (Å²) in [5.41, 5.74) is 0. The maximum Gasteiger partial charge on any atom is 0.189 e. The summed E-state index contributed by atoms with van der Waals surface area (Å²) in [5, 5.41) is 67.3. The summed E-state index contributed by atoms with van der Waals surface area (Å²) >= 11 is 0. The summed E-state index contributed by atoms with van der Waals surface area (Å²) in [6.07, 6.45) is -14.3. The molecule has 0 spiro atoms. The summed E-state index contributed by atoms with van der Waals surface area (Å²) in [5.74, 6) is 0. The van der Waals surface area contributed by atoms with E-state index in [4.69, 9.17) is 19.3 Å². The highest BCUT2D eigenvalue weighted by atomic mass is 16.8. The van der Waals surface area contributed by atoms with Crippen molar-refractivity contribution in [3.63, 3.8) is 0 Å². The second-order valence-corrected chi connectivity index (χ2v) is 5.51. The predicted molar refractivity (Wildman–Crippen MR) is 67.2 cm³/mol. The number of rotatable bonds is 3. The van der Waals surface area contributed by atoms with Gasteiger partial charge in [-0.05, 0) is 6.92 Å². The quantitative estimate of drug-likeness (QED) is 0.269. The molecule has 0 radical (unpaired) electrons. The molecule has 22 heavy (non-hydrogen) atoms. The lowest BCUT2D eigenvalue weighted by molar-refractivity contribution is -0.373. The minimum absolute atomic E-state index is 0.628. The van der Waals surface area contributed by atoms with Gasteiger partial charge in [0.05, 0.1) is 12.7 Å². The van der Waals surface area contributed by atoms with Crippen LogP contribution in [0, 0.1) is 0 Å². The molecule has 2 fully saturated rings. The fourth-order valence-electron chi connectivity index (χ4n) is 2.44. The van der Waals surface area contributed by atoms with Gasteiger partial charge in [-0.25, -0.2) is 0 Å². The lowest BCUT2D eigenvalue weighted by atomic mass is 9.98. The molecule has 10 heteroatoms. The Hall–Kier alpha value is -0.400. The number of hydrogen-bond acceptors (Lipinski definition) is 10. The van der Waals surface area contributed by atoms with E-state index in [2.05, 4.69) is 0 Å². The van der Waals surface area contributed by atoms with E-state index in [9.17, 15) is 30.6 Å². The predicted octanol–water partition coefficient (Wildman–Crippen LogP) is -4.37. The molecule has 2 rings (SSSR count). The molecule has 2 aliphatic heterocycles. The third-order valence-electron chi connectivity index (χ3n) is 3.93. The fourth-order valence-corrected chi connectivity index (χ4v) is 2.44. The SMILES string of the molecule is C[C@H]1O[C@H](O[C@H]2O[C@H](CO)[C@@H](O)[C@H](O)[C@@H]2O)[C@@H](O)[C@@H](O)[C@@H]1O. The van der Waals surface area contributed by atoms with E-state index in [1.807, 2.05) is 0 Å². The molecule has 7 N–H and O–H groups in total. The first-order chi connectivity index (χ1) is 10.3. The molecule has 0 aromatic carbocycles. The second-order valence-electron chi connectivity index (χ2n) is 5.51. The van der Waals surface area contributed by atoms with Crippen LogP contribution in [-0.2, 0) is 14.2 Å². The second kappa shape index (κ2) is 7.01. The molecular formula is C12H22O10. The standard InChI is InChI=1S/C12H22O10/c1-3-5(14)7(16)9(18)11(20-3)22-12-10(19)8(17)6(15)4(2-13)21-12/h3-19H,2H2,1H3/t3-,4-,5-,6-,7+,8+,9+,10+,11-,12-/m1/s1. The van der Waals surface area contributed by atoms with Crippen molar-refractivity contribution >= 4 is 0 Å². The number of hydrogen-bond donors (Lipinski definition) is 7. The van der Waals surface area contributed by atoms with Gasteiger partial charge in [0.25, 0.3) is 0 Å². The van der Waals surface area contributed by atoms with Gasteiger partial charge in [-0.1, -0.05) is 0 Å². The summed E-state index contributed by atoms with van der Waals surface area (Å²) in [6.45, 7) is 0.819. The Balaban J connectivity index is 2.05. The topological polar surface area (TPSA) is 169 Å². The van der Waals surface area contributed by atoms with Crippen LogP contribution in [0.4, 0.5) is 0 Å². The van der Waals surface area contributed by atoms with Crippen molar-refractivity contribution in [2.45, 2.75) is 68.3 Å². The Bertz CT molecular complexity index is 366. The van der Waals surface area contributed by atoms with Gasteiger partial charge in [0.1, 0.15) is 42.7 Å². The number of aliphatic hydroxyl groups excluding tert-OH is 7. The van der Waals surface area contributed by atoms with Crippen molar-refractivity contribution in [1.82, 2.24) is 0 Å². The highest BCUT2D eigenvalue weighted by Crippen LogP contribution is 2.27. The molecule has 2 aliphatic rings. The first-order valence-corrected chi connectivity index (χ1v) is 6.93. The summed E-state index contributed by atoms with van der Waals surface area (Å²) in [6, 6.07) is 0. The van der Waals surface area contributed by atoms with E-state index in [-0.39, 0.29) is 0 Å². The van der Waals surface area contributed by atoms with E-state index < -0.39 is 68.0 Å². The monoisotopic (exact) mass is 326 g/mol. The molecule has 0 amide bonds. The zero-order chi connectivity index (χ0) is 16.6. The molecule has 0 aromatic rings. The minimum atomic E-state index is -1.66. The molecular weight excluding hydrogens is 304 g/mol. The highest BCUT2D eigenvalue weighted by molar-refractivity contribution is 4.91. The van der Waals surface area contributed by atoms with E-state index in [0.29, 0.717) is 0 Å². The minimum Gasteiger partial charge on any atom is -0.394 e. The first kappa shape index (κ1) is 17.9. The lowest BCUT2D eigenvalue weighted by Gasteiger charge is -2.44. The van der Waals surface area contributed by atoms with Gasteiger partial charge < -0.3 is 50.0 Å². The average Bonchev–Trinajstić information content (AvgIpc) is 2.50. The van der Waals surface area contributed by atoms with Gasteiger partial charge in [0.2, 0.25) is 0 Å². The van der Waals surface area contributed by atoms with E-state index in [1.165, 1.54) is 6.92 Å². The number of aliphatic hydroxyl groups is 7. The Labute approximate surface area is 126 Å². The van der Waals surface area contributed by atoms with Gasteiger partial charge >= 0.3 is 0 Å². The van der Waals surface area contributed by atoms with Crippen molar-refractivity contribution in [2.24, 2.45) is 0 Å². The molecule has 0 aliphatic carbocycles. The smallest absolute Gasteiger partial charge is 0.189 e. The van der Waals surface area contributed by atoms with Crippen molar-refractivity contribution < 1.29 is 50.0 Å². The van der Waals surface area contributed by atoms with Crippen LogP contribution in [0.5, 0.6) is 0 Å². The Morgan fingerprint density at radius 3 is 1.77 bits per heavy atom. The third kappa shape index (κ3) is 3.26. The normalized spacial score (nSPS) is 53.5. The van der Waals surface area contributed by atoms with Crippen LogP contribution in [0.1, 0.15) is 6.92 Å². The largest absolute Gasteiger partial charge is 0.394 e. The molecule has 2 heterocycles. The fraction of sp³-hybridized carbons (Fsp3) is 1.00. The van der Waals surface area contributed by atoms with Crippen LogP contribution in [0.2, 0.25) is 0 Å². The lowest BCUT2D eigenvalue weighted by Crippen LogP contribution is -2.63. The zero-order valence-electron chi connectivity index (χ0n) is 11.8. The molecule has 0 unspecified atom stereocenters. The van der Waals surface area contributed by atoms with Crippen LogP contribution in [0.25, 0.3) is 0 Å². The van der Waals surface area contributed by atoms with Crippen molar-refractivity contribution in [3.8, 4) is 0 Å². The molecule has 10 nitrogen and oxygen atoms in total. The van der Waals surface area contributed by atoms with Gasteiger partial charge in [0.15, 0.2) is 12.6 Å². The summed E-state index contributed by atoms with van der Waals surface area (Å²) in [4.78, 5) is 0. The van der Waals surface area contributed by atoms with E-state index >= 15 is 0 Å². The molecule has 130 valence electrons.